The molecule has 1 aliphatic carbocycles. The lowest BCUT2D eigenvalue weighted by molar-refractivity contribution is -0.140. The fraction of sp³-hybridized carbons (Fsp3) is 0.276. The number of halogens is 6. The molecule has 0 spiro atoms. The van der Waals surface area contributed by atoms with Crippen LogP contribution in [0.25, 0.3) is 0 Å². The van der Waals surface area contributed by atoms with E-state index in [1.54, 1.807) is 30.3 Å². The molecule has 39 heavy (non-hydrogen) atoms. The molecule has 3 aromatic carbocycles. The molecule has 2 atom stereocenters. The number of carbonyl (C=O) groups excluding carboxylic acids is 1. The molecule has 0 bridgehead atoms. The van der Waals surface area contributed by atoms with Gasteiger partial charge in [0.1, 0.15) is 5.82 Å². The van der Waals surface area contributed by atoms with Gasteiger partial charge < -0.3 is 10.6 Å². The van der Waals surface area contributed by atoms with Gasteiger partial charge in [-0.3, -0.25) is 0 Å². The van der Waals surface area contributed by atoms with Crippen molar-refractivity contribution in [3.63, 3.8) is 0 Å². The van der Waals surface area contributed by atoms with Crippen molar-refractivity contribution in [3.8, 4) is 0 Å². The zero-order valence-corrected chi connectivity index (χ0v) is 22.1. The maximum absolute atomic E-state index is 14.5. The van der Waals surface area contributed by atoms with Crippen molar-refractivity contribution in [2.75, 3.05) is 0 Å². The van der Waals surface area contributed by atoms with Gasteiger partial charge in [0.2, 0.25) is 0 Å². The minimum atomic E-state index is -5.03. The molecule has 0 aromatic heterocycles. The average Bonchev–Trinajstić information content (AvgIpc) is 3.35. The van der Waals surface area contributed by atoms with Crippen LogP contribution in [0.15, 0.2) is 78.9 Å². The highest BCUT2D eigenvalue weighted by Gasteiger charge is 2.42. The summed E-state index contributed by atoms with van der Waals surface area (Å²) in [5, 5.41) is 5.97. The molecule has 3 nitrogen and oxygen atoms in total. The third-order valence-electron chi connectivity index (χ3n) is 6.70. The Morgan fingerprint density at radius 2 is 1.54 bits per heavy atom. The van der Waals surface area contributed by atoms with E-state index in [9.17, 15) is 31.1 Å². The van der Waals surface area contributed by atoms with Gasteiger partial charge >= 0.3 is 12.2 Å². The fourth-order valence-corrected chi connectivity index (χ4v) is 5.13. The quantitative estimate of drug-likeness (QED) is 0.182. The van der Waals surface area contributed by atoms with E-state index in [1.165, 1.54) is 18.2 Å². The lowest BCUT2D eigenvalue weighted by Crippen LogP contribution is -2.54. The lowest BCUT2D eigenvalue weighted by atomic mass is 9.76. The molecule has 206 valence electrons. The number of hydrogen-bond donors (Lipinski definition) is 2. The van der Waals surface area contributed by atoms with Crippen LogP contribution in [-0.4, -0.2) is 12.1 Å². The second-order valence-electron chi connectivity index (χ2n) is 9.73. The Balaban J connectivity index is 1.98. The molecule has 4 rings (SSSR count). The van der Waals surface area contributed by atoms with Crippen molar-refractivity contribution in [2.24, 2.45) is 0 Å². The van der Waals surface area contributed by atoms with E-state index in [0.29, 0.717) is 42.8 Å². The Bertz CT molecular complexity index is 1360. The Hall–Kier alpha value is -3.32. The maximum atomic E-state index is 14.5. The normalized spacial score (nSPS) is 15.7. The van der Waals surface area contributed by atoms with Crippen LogP contribution in [0.3, 0.4) is 0 Å². The monoisotopic (exact) mass is 564 g/mol. The molecule has 0 radical (unpaired) electrons. The Morgan fingerprint density at radius 1 is 0.897 bits per heavy atom. The predicted molar refractivity (Wildman–Crippen MR) is 142 cm³/mol. The van der Waals surface area contributed by atoms with Crippen molar-refractivity contribution in [1.29, 1.82) is 0 Å². The molecule has 0 heterocycles. The SMILES string of the molecule is CC(F)(F)c1cc(P)cc([C@](Cc2ccccc2)(NC(=O)NC2CC=CC2)c2ccc(F)c(C(F)(F)F)c2)c1. The molecule has 3 aromatic rings. The minimum Gasteiger partial charge on any atom is -0.335 e. The summed E-state index contributed by atoms with van der Waals surface area (Å²) in [6.07, 6.45) is -0.199. The molecule has 2 N–H and O–H groups in total. The molecular weight excluding hydrogens is 537 g/mol. The van der Waals surface area contributed by atoms with E-state index in [1.807, 2.05) is 12.2 Å². The molecule has 0 saturated heterocycles. The number of rotatable bonds is 7. The zero-order chi connectivity index (χ0) is 28.4. The minimum absolute atomic E-state index is 0.101. The van der Waals surface area contributed by atoms with E-state index in [4.69, 9.17) is 0 Å². The van der Waals surface area contributed by atoms with Gasteiger partial charge in [0, 0.05) is 24.9 Å². The second kappa shape index (κ2) is 11.0. The third kappa shape index (κ3) is 6.64. The highest BCUT2D eigenvalue weighted by Crippen LogP contribution is 2.40. The molecule has 0 saturated carbocycles. The summed E-state index contributed by atoms with van der Waals surface area (Å²) in [7, 11) is 2.32. The van der Waals surface area contributed by atoms with Gasteiger partial charge in [0.25, 0.3) is 5.92 Å². The van der Waals surface area contributed by atoms with Crippen LogP contribution >= 0.6 is 9.24 Å². The molecule has 2 amide bonds. The number of nitrogens with one attached hydrogen (secondary N) is 2. The van der Waals surface area contributed by atoms with Crippen LogP contribution < -0.4 is 15.9 Å². The van der Waals surface area contributed by atoms with Crippen LogP contribution in [0, 0.1) is 5.82 Å². The van der Waals surface area contributed by atoms with Gasteiger partial charge in [-0.1, -0.05) is 48.6 Å². The largest absolute Gasteiger partial charge is 0.419 e. The van der Waals surface area contributed by atoms with Crippen LogP contribution in [0.2, 0.25) is 0 Å². The van der Waals surface area contributed by atoms with E-state index >= 15 is 0 Å². The van der Waals surface area contributed by atoms with Crippen molar-refractivity contribution >= 4 is 20.6 Å². The first-order valence-corrected chi connectivity index (χ1v) is 12.8. The van der Waals surface area contributed by atoms with E-state index in [-0.39, 0.29) is 29.2 Å². The van der Waals surface area contributed by atoms with E-state index < -0.39 is 35.0 Å². The molecular formula is C29H27F6N2OP. The van der Waals surface area contributed by atoms with Gasteiger partial charge in [-0.05, 0) is 65.2 Å². The number of amides is 2. The van der Waals surface area contributed by atoms with Gasteiger partial charge in [0.15, 0.2) is 0 Å². The smallest absolute Gasteiger partial charge is 0.335 e. The first-order chi connectivity index (χ1) is 18.3. The second-order valence-corrected chi connectivity index (χ2v) is 10.4. The number of benzene rings is 3. The summed E-state index contributed by atoms with van der Waals surface area (Å²) < 4.78 is 84.9. The highest BCUT2D eigenvalue weighted by atomic mass is 31.0. The summed E-state index contributed by atoms with van der Waals surface area (Å²) >= 11 is 0. The summed E-state index contributed by atoms with van der Waals surface area (Å²) in [5.74, 6) is -4.76. The standard InChI is InChI=1S/C29H27F6N2OP/c1-27(31,32)20-13-21(15-23(39)14-20)28(17-18-7-3-2-4-8-18,37-26(38)36-22-9-5-6-10-22)19-11-12-25(30)24(16-19)29(33,34)35/h2-8,11-16,22H,9-10,17,39H2,1H3,(H2,36,37,38)/t28-/m1/s1. The number of carbonyl (C=O) groups is 1. The average molecular weight is 565 g/mol. The zero-order valence-electron chi connectivity index (χ0n) is 21.0. The Labute approximate surface area is 224 Å². The molecule has 1 unspecified atom stereocenters. The summed E-state index contributed by atoms with van der Waals surface area (Å²) in [5.41, 5.74) is -3.07. The van der Waals surface area contributed by atoms with Crippen molar-refractivity contribution < 1.29 is 31.1 Å². The number of hydrogen-bond acceptors (Lipinski definition) is 1. The van der Waals surface area contributed by atoms with Gasteiger partial charge in [0.05, 0.1) is 11.1 Å². The first kappa shape index (κ1) is 28.7. The molecule has 0 aliphatic heterocycles. The molecule has 0 fully saturated rings. The van der Waals surface area contributed by atoms with Crippen LogP contribution in [0.5, 0.6) is 0 Å². The fourth-order valence-electron chi connectivity index (χ4n) is 4.77. The highest BCUT2D eigenvalue weighted by molar-refractivity contribution is 7.27. The van der Waals surface area contributed by atoms with Gasteiger partial charge in [-0.2, -0.15) is 13.2 Å². The van der Waals surface area contributed by atoms with E-state index in [2.05, 4.69) is 19.9 Å². The van der Waals surface area contributed by atoms with Crippen LogP contribution in [0.4, 0.5) is 31.1 Å². The van der Waals surface area contributed by atoms with Crippen molar-refractivity contribution in [3.05, 3.63) is 113 Å². The molecule has 1 aliphatic rings. The summed E-state index contributed by atoms with van der Waals surface area (Å²) in [6.45, 7) is 0.710. The Morgan fingerprint density at radius 3 is 2.15 bits per heavy atom. The van der Waals surface area contributed by atoms with Crippen LogP contribution in [0.1, 0.15) is 47.6 Å². The molecule has 10 heteroatoms. The van der Waals surface area contributed by atoms with Crippen LogP contribution in [-0.2, 0) is 24.1 Å². The number of urea groups is 1. The Kier molecular flexibility index (Phi) is 8.12. The van der Waals surface area contributed by atoms with Crippen molar-refractivity contribution in [2.45, 2.75) is 49.9 Å². The van der Waals surface area contributed by atoms with Gasteiger partial charge in [-0.15, -0.1) is 9.24 Å². The first-order valence-electron chi connectivity index (χ1n) is 12.2. The third-order valence-corrected chi connectivity index (χ3v) is 7.04. The maximum Gasteiger partial charge on any atom is 0.419 e. The topological polar surface area (TPSA) is 41.1 Å². The van der Waals surface area contributed by atoms with E-state index in [0.717, 1.165) is 6.07 Å². The summed E-state index contributed by atoms with van der Waals surface area (Å²) in [6, 6.07) is 14.1. The number of alkyl halides is 5. The lowest BCUT2D eigenvalue weighted by Gasteiger charge is -2.38. The predicted octanol–water partition coefficient (Wildman–Crippen LogP) is 6.96. The van der Waals surface area contributed by atoms with Gasteiger partial charge in [-0.25, -0.2) is 18.0 Å². The van der Waals surface area contributed by atoms with Crippen molar-refractivity contribution in [1.82, 2.24) is 10.6 Å². The summed E-state index contributed by atoms with van der Waals surface area (Å²) in [4.78, 5) is 13.4.